The lowest BCUT2D eigenvalue weighted by molar-refractivity contribution is -0.117. The van der Waals surface area contributed by atoms with Crippen molar-refractivity contribution in [1.29, 1.82) is 0 Å². The van der Waals surface area contributed by atoms with E-state index in [0.29, 0.717) is 31.2 Å². The van der Waals surface area contributed by atoms with Crippen molar-refractivity contribution < 1.29 is 17.9 Å². The van der Waals surface area contributed by atoms with Crippen LogP contribution in [0.2, 0.25) is 0 Å². The summed E-state index contributed by atoms with van der Waals surface area (Å²) in [6.07, 6.45) is 0. The van der Waals surface area contributed by atoms with E-state index in [0.717, 1.165) is 11.1 Å². The third kappa shape index (κ3) is 5.55. The van der Waals surface area contributed by atoms with Crippen LogP contribution in [0, 0.1) is 6.92 Å². The van der Waals surface area contributed by atoms with Crippen LogP contribution in [0.5, 0.6) is 5.75 Å². The van der Waals surface area contributed by atoms with Gasteiger partial charge in [0, 0.05) is 24.3 Å². The number of nitrogens with zero attached hydrogens (tertiary/aromatic N) is 5. The SMILES string of the molecule is CCOc1ccc(NC(=O)Cn2nnc(-c3ccccc3C)n2)cc1S(=O)(=O)N(CC)CC. The molecule has 0 fully saturated rings. The first-order chi connectivity index (χ1) is 15.8. The fourth-order valence-corrected chi connectivity index (χ4v) is 4.95. The number of carbonyl (C=O) groups is 1. The lowest BCUT2D eigenvalue weighted by atomic mass is 10.1. The number of benzene rings is 2. The minimum Gasteiger partial charge on any atom is -0.492 e. The van der Waals surface area contributed by atoms with Crippen molar-refractivity contribution in [3.63, 3.8) is 0 Å². The normalized spacial score (nSPS) is 11.5. The number of aryl methyl sites for hydroxylation is 1. The molecule has 11 heteroatoms. The standard InChI is InChI=1S/C22H28N6O4S/c1-5-27(6-2)33(30,31)20-14-17(12-13-19(20)32-7-3)23-21(29)15-28-25-22(24-26-28)18-11-9-8-10-16(18)4/h8-14H,5-7,15H2,1-4H3,(H,23,29). The van der Waals surface area contributed by atoms with Crippen LogP contribution in [-0.4, -0.2) is 58.5 Å². The number of carbonyl (C=O) groups excluding carboxylic acids is 1. The summed E-state index contributed by atoms with van der Waals surface area (Å²) in [6, 6.07) is 12.2. The highest BCUT2D eigenvalue weighted by Gasteiger charge is 2.26. The first-order valence-electron chi connectivity index (χ1n) is 10.7. The molecule has 176 valence electrons. The molecule has 1 aromatic heterocycles. The number of amides is 1. The van der Waals surface area contributed by atoms with Crippen LogP contribution < -0.4 is 10.1 Å². The molecule has 1 amide bonds. The second-order valence-corrected chi connectivity index (χ2v) is 9.10. The smallest absolute Gasteiger partial charge is 0.248 e. The fraction of sp³-hybridized carbons (Fsp3) is 0.364. The predicted molar refractivity (Wildman–Crippen MR) is 124 cm³/mol. The molecule has 2 aromatic carbocycles. The van der Waals surface area contributed by atoms with Gasteiger partial charge in [-0.05, 0) is 42.8 Å². The maximum Gasteiger partial charge on any atom is 0.248 e. The summed E-state index contributed by atoms with van der Waals surface area (Å²) >= 11 is 0. The summed E-state index contributed by atoms with van der Waals surface area (Å²) in [5.74, 6) is 0.247. The summed E-state index contributed by atoms with van der Waals surface area (Å²) in [7, 11) is -3.79. The molecule has 1 N–H and O–H groups in total. The minimum absolute atomic E-state index is 0.00608. The highest BCUT2D eigenvalue weighted by Crippen LogP contribution is 2.30. The molecule has 0 atom stereocenters. The van der Waals surface area contributed by atoms with Gasteiger partial charge in [-0.2, -0.15) is 9.10 Å². The van der Waals surface area contributed by atoms with Crippen molar-refractivity contribution in [3.8, 4) is 17.1 Å². The van der Waals surface area contributed by atoms with E-state index in [1.54, 1.807) is 32.9 Å². The predicted octanol–water partition coefficient (Wildman–Crippen LogP) is 2.72. The largest absolute Gasteiger partial charge is 0.492 e. The van der Waals surface area contributed by atoms with Crippen LogP contribution in [-0.2, 0) is 21.4 Å². The quantitative estimate of drug-likeness (QED) is 0.482. The number of rotatable bonds is 10. The Hall–Kier alpha value is -3.31. The molecule has 0 aliphatic rings. The number of hydrogen-bond donors (Lipinski definition) is 1. The molecule has 0 radical (unpaired) electrons. The van der Waals surface area contributed by atoms with E-state index in [4.69, 9.17) is 4.74 Å². The first kappa shape index (κ1) is 24.3. The van der Waals surface area contributed by atoms with Crippen LogP contribution in [0.25, 0.3) is 11.4 Å². The van der Waals surface area contributed by atoms with Gasteiger partial charge in [-0.15, -0.1) is 10.2 Å². The Kier molecular flexibility index (Phi) is 7.77. The molecule has 0 aliphatic carbocycles. The van der Waals surface area contributed by atoms with E-state index in [9.17, 15) is 13.2 Å². The summed E-state index contributed by atoms with van der Waals surface area (Å²) in [6.45, 7) is 8.03. The van der Waals surface area contributed by atoms with Gasteiger partial charge in [0.15, 0.2) is 0 Å². The highest BCUT2D eigenvalue weighted by atomic mass is 32.2. The number of sulfonamides is 1. The Morgan fingerprint density at radius 3 is 2.52 bits per heavy atom. The average Bonchev–Trinajstić information content (AvgIpc) is 3.23. The molecule has 3 aromatic rings. The zero-order valence-corrected chi connectivity index (χ0v) is 20.0. The topological polar surface area (TPSA) is 119 Å². The van der Waals surface area contributed by atoms with Gasteiger partial charge in [-0.25, -0.2) is 8.42 Å². The van der Waals surface area contributed by atoms with Crippen molar-refractivity contribution in [1.82, 2.24) is 24.5 Å². The first-order valence-corrected chi connectivity index (χ1v) is 12.1. The third-order valence-electron chi connectivity index (χ3n) is 4.97. The lowest BCUT2D eigenvalue weighted by Gasteiger charge is -2.21. The molecular weight excluding hydrogens is 444 g/mol. The zero-order valence-electron chi connectivity index (χ0n) is 19.1. The average molecular weight is 473 g/mol. The fourth-order valence-electron chi connectivity index (χ4n) is 3.34. The van der Waals surface area contributed by atoms with E-state index in [1.165, 1.54) is 15.2 Å². The molecule has 0 unspecified atom stereocenters. The molecule has 0 spiro atoms. The number of nitrogens with one attached hydrogen (secondary N) is 1. The lowest BCUT2D eigenvalue weighted by Crippen LogP contribution is -2.31. The zero-order chi connectivity index (χ0) is 24.0. The summed E-state index contributed by atoms with van der Waals surface area (Å²) in [5, 5.41) is 14.9. The van der Waals surface area contributed by atoms with Gasteiger partial charge in [0.25, 0.3) is 0 Å². The number of hydrogen-bond acceptors (Lipinski definition) is 7. The van der Waals surface area contributed by atoms with Crippen LogP contribution in [0.1, 0.15) is 26.3 Å². The van der Waals surface area contributed by atoms with Crippen LogP contribution >= 0.6 is 0 Å². The Bertz CT molecular complexity index is 1220. The highest BCUT2D eigenvalue weighted by molar-refractivity contribution is 7.89. The molecule has 0 aliphatic heterocycles. The number of anilines is 1. The monoisotopic (exact) mass is 472 g/mol. The van der Waals surface area contributed by atoms with Crippen molar-refractivity contribution in [3.05, 3.63) is 48.0 Å². The van der Waals surface area contributed by atoms with E-state index in [1.807, 2.05) is 31.2 Å². The van der Waals surface area contributed by atoms with Gasteiger partial charge in [0.2, 0.25) is 21.8 Å². The van der Waals surface area contributed by atoms with E-state index < -0.39 is 15.9 Å². The summed E-state index contributed by atoms with van der Waals surface area (Å²) in [4.78, 5) is 13.8. The molecule has 0 bridgehead atoms. The van der Waals surface area contributed by atoms with Gasteiger partial charge in [-0.3, -0.25) is 4.79 Å². The molecule has 33 heavy (non-hydrogen) atoms. The summed E-state index contributed by atoms with van der Waals surface area (Å²) < 4.78 is 33.0. The second-order valence-electron chi connectivity index (χ2n) is 7.19. The second kappa shape index (κ2) is 10.5. The van der Waals surface area contributed by atoms with Crippen molar-refractivity contribution in [2.45, 2.75) is 39.1 Å². The Balaban J connectivity index is 1.80. The van der Waals surface area contributed by atoms with Gasteiger partial charge in [0.05, 0.1) is 6.61 Å². The van der Waals surface area contributed by atoms with E-state index in [2.05, 4.69) is 20.7 Å². The number of ether oxygens (including phenoxy) is 1. The Labute approximate surface area is 193 Å². The molecule has 1 heterocycles. The molecule has 0 saturated heterocycles. The van der Waals surface area contributed by atoms with E-state index in [-0.39, 0.29) is 17.2 Å². The molecular formula is C22H28N6O4S. The Morgan fingerprint density at radius 1 is 1.12 bits per heavy atom. The van der Waals surface area contributed by atoms with Crippen molar-refractivity contribution in [2.75, 3.05) is 25.0 Å². The van der Waals surface area contributed by atoms with Gasteiger partial charge >= 0.3 is 0 Å². The van der Waals surface area contributed by atoms with Crippen LogP contribution in [0.4, 0.5) is 5.69 Å². The maximum absolute atomic E-state index is 13.1. The van der Waals surface area contributed by atoms with Crippen LogP contribution in [0.15, 0.2) is 47.4 Å². The maximum atomic E-state index is 13.1. The van der Waals surface area contributed by atoms with E-state index >= 15 is 0 Å². The molecule has 10 nitrogen and oxygen atoms in total. The van der Waals surface area contributed by atoms with Crippen LogP contribution in [0.3, 0.4) is 0 Å². The van der Waals surface area contributed by atoms with Crippen molar-refractivity contribution in [2.24, 2.45) is 0 Å². The summed E-state index contributed by atoms with van der Waals surface area (Å²) in [5.41, 5.74) is 2.16. The third-order valence-corrected chi connectivity index (χ3v) is 7.05. The molecule has 3 rings (SSSR count). The van der Waals surface area contributed by atoms with Gasteiger partial charge in [0.1, 0.15) is 17.2 Å². The number of aromatic nitrogens is 4. The van der Waals surface area contributed by atoms with Gasteiger partial charge < -0.3 is 10.1 Å². The molecule has 0 saturated carbocycles. The minimum atomic E-state index is -3.79. The van der Waals surface area contributed by atoms with Crippen molar-refractivity contribution >= 4 is 21.6 Å². The van der Waals surface area contributed by atoms with Gasteiger partial charge in [-0.1, -0.05) is 38.1 Å². The Morgan fingerprint density at radius 2 is 1.85 bits per heavy atom. The number of tetrazole rings is 1.